The van der Waals surface area contributed by atoms with Crippen molar-refractivity contribution in [2.24, 2.45) is 5.73 Å². The molecule has 0 aliphatic heterocycles. The molecule has 0 aliphatic rings. The molecule has 0 spiro atoms. The number of nitrogens with two attached hydrogens (primary N) is 1. The second-order valence-corrected chi connectivity index (χ2v) is 5.55. The number of ether oxygens (including phenoxy) is 1. The van der Waals surface area contributed by atoms with Gasteiger partial charge in [-0.3, -0.25) is 4.79 Å². The van der Waals surface area contributed by atoms with Gasteiger partial charge in [0.25, 0.3) is 0 Å². The van der Waals surface area contributed by atoms with E-state index in [4.69, 9.17) is 10.5 Å². The summed E-state index contributed by atoms with van der Waals surface area (Å²) in [5.41, 5.74) is 5.57. The number of aromatic nitrogens is 2. The van der Waals surface area contributed by atoms with E-state index in [0.717, 1.165) is 5.69 Å². The van der Waals surface area contributed by atoms with Gasteiger partial charge in [-0.15, -0.1) is 0 Å². The Morgan fingerprint density at radius 1 is 1.50 bits per heavy atom. The molecule has 0 saturated carbocycles. The Morgan fingerprint density at radius 3 is 2.70 bits per heavy atom. The number of amides is 2. The number of rotatable bonds is 5. The monoisotopic (exact) mass is 282 g/mol. The third-order valence-electron chi connectivity index (χ3n) is 2.62. The predicted molar refractivity (Wildman–Crippen MR) is 74.1 cm³/mol. The van der Waals surface area contributed by atoms with Gasteiger partial charge in [0.2, 0.25) is 5.91 Å². The van der Waals surface area contributed by atoms with Crippen molar-refractivity contribution in [2.45, 2.75) is 45.8 Å². The average molecular weight is 282 g/mol. The number of hydrogen-bond acceptors (Lipinski definition) is 4. The molecule has 3 N–H and O–H groups in total. The third-order valence-corrected chi connectivity index (χ3v) is 2.62. The molecule has 1 rings (SSSR count). The van der Waals surface area contributed by atoms with Gasteiger partial charge in [0.1, 0.15) is 11.6 Å². The predicted octanol–water partition coefficient (Wildman–Crippen LogP) is 0.997. The molecule has 1 heterocycles. The van der Waals surface area contributed by atoms with Crippen molar-refractivity contribution in [3.63, 3.8) is 0 Å². The zero-order valence-corrected chi connectivity index (χ0v) is 12.3. The standard InChI is InChI=1S/C13H22N4O3/c1-9(11(14)18)17-8-15-7-10(17)5-6-16-12(19)20-13(2,3)4/h7-9H,5-6H2,1-4H3,(H2,14,18)(H,16,19). The zero-order chi connectivity index (χ0) is 15.3. The van der Waals surface area contributed by atoms with E-state index in [1.165, 1.54) is 0 Å². The van der Waals surface area contributed by atoms with Crippen LogP contribution in [-0.4, -0.2) is 33.7 Å². The highest BCUT2D eigenvalue weighted by Gasteiger charge is 2.17. The molecule has 0 aromatic carbocycles. The number of nitrogens with zero attached hydrogens (tertiary/aromatic N) is 2. The van der Waals surface area contributed by atoms with E-state index in [-0.39, 0.29) is 0 Å². The minimum absolute atomic E-state index is 0.395. The maximum atomic E-state index is 11.5. The van der Waals surface area contributed by atoms with E-state index in [1.54, 1.807) is 44.8 Å². The topological polar surface area (TPSA) is 99.2 Å². The summed E-state index contributed by atoms with van der Waals surface area (Å²) in [5, 5.41) is 2.65. The number of carbonyl (C=O) groups excluding carboxylic acids is 2. The fraction of sp³-hybridized carbons (Fsp3) is 0.615. The van der Waals surface area contributed by atoms with E-state index in [1.807, 2.05) is 0 Å². The highest BCUT2D eigenvalue weighted by atomic mass is 16.6. The van der Waals surface area contributed by atoms with Gasteiger partial charge in [0.05, 0.1) is 6.33 Å². The largest absolute Gasteiger partial charge is 0.444 e. The molecule has 0 fully saturated rings. The lowest BCUT2D eigenvalue weighted by atomic mass is 10.2. The molecule has 112 valence electrons. The van der Waals surface area contributed by atoms with Crippen molar-refractivity contribution in [3.8, 4) is 0 Å². The van der Waals surface area contributed by atoms with Crippen LogP contribution in [0, 0.1) is 0 Å². The second kappa shape index (κ2) is 6.40. The van der Waals surface area contributed by atoms with Crippen molar-refractivity contribution in [3.05, 3.63) is 18.2 Å². The lowest BCUT2D eigenvalue weighted by Crippen LogP contribution is -2.34. The van der Waals surface area contributed by atoms with E-state index in [2.05, 4.69) is 10.3 Å². The summed E-state index contributed by atoms with van der Waals surface area (Å²) in [6.45, 7) is 7.50. The van der Waals surface area contributed by atoms with Crippen molar-refractivity contribution in [1.29, 1.82) is 0 Å². The number of carbonyl (C=O) groups is 2. The van der Waals surface area contributed by atoms with Gasteiger partial charge in [-0.1, -0.05) is 0 Å². The van der Waals surface area contributed by atoms with Gasteiger partial charge < -0.3 is 20.4 Å². The van der Waals surface area contributed by atoms with Gasteiger partial charge in [-0.25, -0.2) is 9.78 Å². The SMILES string of the molecule is CC(C(N)=O)n1cncc1CCNC(=O)OC(C)(C)C. The molecule has 1 aromatic rings. The highest BCUT2D eigenvalue weighted by Crippen LogP contribution is 2.10. The first-order chi connectivity index (χ1) is 9.20. The lowest BCUT2D eigenvalue weighted by Gasteiger charge is -2.19. The average Bonchev–Trinajstić information content (AvgIpc) is 2.73. The summed E-state index contributed by atoms with van der Waals surface area (Å²) < 4.78 is 6.82. The fourth-order valence-electron chi connectivity index (χ4n) is 1.62. The minimum atomic E-state index is -0.521. The van der Waals surface area contributed by atoms with Gasteiger partial charge >= 0.3 is 6.09 Å². The van der Waals surface area contributed by atoms with Crippen molar-refractivity contribution in [2.75, 3.05) is 6.54 Å². The van der Waals surface area contributed by atoms with Crippen LogP contribution in [0.5, 0.6) is 0 Å². The van der Waals surface area contributed by atoms with Crippen LogP contribution in [0.2, 0.25) is 0 Å². The second-order valence-electron chi connectivity index (χ2n) is 5.55. The Bertz CT molecular complexity index is 476. The Labute approximate surface area is 118 Å². The number of nitrogens with one attached hydrogen (secondary N) is 1. The molecule has 20 heavy (non-hydrogen) atoms. The summed E-state index contributed by atoms with van der Waals surface area (Å²) in [7, 11) is 0. The molecular weight excluding hydrogens is 260 g/mol. The Hall–Kier alpha value is -2.05. The van der Waals surface area contributed by atoms with Crippen LogP contribution in [0.4, 0.5) is 4.79 Å². The maximum Gasteiger partial charge on any atom is 0.407 e. The first kappa shape index (κ1) is 16.0. The number of alkyl carbamates (subject to hydrolysis) is 1. The Morgan fingerprint density at radius 2 is 2.15 bits per heavy atom. The third kappa shape index (κ3) is 4.91. The van der Waals surface area contributed by atoms with E-state index >= 15 is 0 Å². The number of primary amides is 1. The molecule has 7 nitrogen and oxygen atoms in total. The fourth-order valence-corrected chi connectivity index (χ4v) is 1.62. The summed E-state index contributed by atoms with van der Waals surface area (Å²) in [6.07, 6.45) is 3.28. The molecule has 0 saturated heterocycles. The summed E-state index contributed by atoms with van der Waals surface area (Å²) in [5.74, 6) is -0.427. The Balaban J connectivity index is 2.49. The van der Waals surface area contributed by atoms with Crippen LogP contribution < -0.4 is 11.1 Å². The van der Waals surface area contributed by atoms with Crippen molar-refractivity contribution in [1.82, 2.24) is 14.9 Å². The summed E-state index contributed by atoms with van der Waals surface area (Å²) in [6, 6.07) is -0.464. The Kier molecular flexibility index (Phi) is 5.12. The summed E-state index contributed by atoms with van der Waals surface area (Å²) >= 11 is 0. The van der Waals surface area contributed by atoms with Crippen LogP contribution in [0.15, 0.2) is 12.5 Å². The number of hydrogen-bond donors (Lipinski definition) is 2. The van der Waals surface area contributed by atoms with E-state index in [9.17, 15) is 9.59 Å². The molecule has 0 aliphatic carbocycles. The quantitative estimate of drug-likeness (QED) is 0.841. The van der Waals surface area contributed by atoms with Crippen molar-refractivity contribution < 1.29 is 14.3 Å². The van der Waals surface area contributed by atoms with Gasteiger partial charge in [-0.2, -0.15) is 0 Å². The summed E-state index contributed by atoms with van der Waals surface area (Å²) in [4.78, 5) is 26.7. The lowest BCUT2D eigenvalue weighted by molar-refractivity contribution is -0.120. The van der Waals surface area contributed by atoms with Gasteiger partial charge in [-0.05, 0) is 27.7 Å². The molecule has 0 radical (unpaired) electrons. The van der Waals surface area contributed by atoms with Crippen LogP contribution in [0.1, 0.15) is 39.4 Å². The van der Waals surface area contributed by atoms with Crippen LogP contribution in [0.3, 0.4) is 0 Å². The van der Waals surface area contributed by atoms with E-state index < -0.39 is 23.6 Å². The van der Waals surface area contributed by atoms with Crippen molar-refractivity contribution >= 4 is 12.0 Å². The molecular formula is C13H22N4O3. The van der Waals surface area contributed by atoms with Gasteiger partial charge in [0.15, 0.2) is 0 Å². The number of imidazole rings is 1. The molecule has 7 heteroatoms. The van der Waals surface area contributed by atoms with Crippen LogP contribution in [-0.2, 0) is 16.0 Å². The molecule has 1 atom stereocenters. The molecule has 0 bridgehead atoms. The molecule has 2 amide bonds. The normalized spacial score (nSPS) is 12.8. The van der Waals surface area contributed by atoms with Crippen LogP contribution >= 0.6 is 0 Å². The molecule has 1 unspecified atom stereocenters. The first-order valence-electron chi connectivity index (χ1n) is 6.47. The highest BCUT2D eigenvalue weighted by molar-refractivity contribution is 5.78. The van der Waals surface area contributed by atoms with Crippen LogP contribution in [0.25, 0.3) is 0 Å². The zero-order valence-electron chi connectivity index (χ0n) is 12.3. The minimum Gasteiger partial charge on any atom is -0.444 e. The van der Waals surface area contributed by atoms with Gasteiger partial charge in [0, 0.05) is 24.9 Å². The maximum absolute atomic E-state index is 11.5. The van der Waals surface area contributed by atoms with E-state index in [0.29, 0.717) is 13.0 Å². The molecule has 1 aromatic heterocycles. The smallest absolute Gasteiger partial charge is 0.407 e. The first-order valence-corrected chi connectivity index (χ1v) is 6.47.